The maximum Gasteiger partial charge on any atom is 0.191 e. The van der Waals surface area contributed by atoms with Gasteiger partial charge < -0.3 is 15.2 Å². The second kappa shape index (κ2) is 6.87. The summed E-state index contributed by atoms with van der Waals surface area (Å²) in [7, 11) is 0. The van der Waals surface area contributed by atoms with Gasteiger partial charge in [0.05, 0.1) is 11.9 Å². The minimum atomic E-state index is -0.325. The van der Waals surface area contributed by atoms with Crippen LogP contribution in [0.15, 0.2) is 11.4 Å². The molecule has 0 atom stereocenters. The number of ether oxygens (including phenoxy) is 2. The van der Waals surface area contributed by atoms with E-state index in [-0.39, 0.29) is 6.29 Å². The predicted molar refractivity (Wildman–Crippen MR) is 78.6 cm³/mol. The van der Waals surface area contributed by atoms with E-state index in [9.17, 15) is 0 Å². The van der Waals surface area contributed by atoms with Crippen molar-refractivity contribution in [3.63, 3.8) is 0 Å². The zero-order chi connectivity index (χ0) is 14.5. The van der Waals surface area contributed by atoms with Gasteiger partial charge in [-0.2, -0.15) is 5.10 Å². The van der Waals surface area contributed by atoms with E-state index < -0.39 is 0 Å². The summed E-state index contributed by atoms with van der Waals surface area (Å²) in [5.41, 5.74) is 6.51. The molecule has 0 radical (unpaired) electrons. The molecule has 2 rings (SSSR count). The molecule has 2 aromatic rings. The monoisotopic (exact) mass is 297 g/mol. The summed E-state index contributed by atoms with van der Waals surface area (Å²) in [6.45, 7) is 5.53. The van der Waals surface area contributed by atoms with Gasteiger partial charge in [0, 0.05) is 19.4 Å². The molecule has 0 aromatic carbocycles. The number of nitrogens with zero attached hydrogens (tertiary/aromatic N) is 4. The summed E-state index contributed by atoms with van der Waals surface area (Å²) in [6, 6.07) is 0. The van der Waals surface area contributed by atoms with Crippen molar-refractivity contribution in [2.75, 3.05) is 25.2 Å². The number of nitrogen functional groups attached to an aromatic ring is 1. The molecule has 20 heavy (non-hydrogen) atoms. The smallest absolute Gasteiger partial charge is 0.191 e. The van der Waals surface area contributed by atoms with Gasteiger partial charge in [-0.1, -0.05) is 11.8 Å². The van der Waals surface area contributed by atoms with Gasteiger partial charge in [-0.15, -0.1) is 0 Å². The number of fused-ring (bicyclic) bond motifs is 1. The van der Waals surface area contributed by atoms with Crippen LogP contribution >= 0.6 is 11.8 Å². The number of aromatic nitrogens is 4. The highest BCUT2D eigenvalue weighted by Gasteiger charge is 2.13. The molecule has 0 unspecified atom stereocenters. The van der Waals surface area contributed by atoms with E-state index in [1.54, 1.807) is 4.68 Å². The third kappa shape index (κ3) is 3.38. The molecular weight excluding hydrogens is 278 g/mol. The standard InChI is InChI=1S/C12H19N5O2S/c1-4-18-9(19-5-2)7-17-6-8-10(13)14-12(20-3)15-11(8)16-17/h6,9H,4-5,7H2,1-3H3,(H2,13,14,15,16). The number of thioether (sulfide) groups is 1. The summed E-state index contributed by atoms with van der Waals surface area (Å²) >= 11 is 1.44. The Labute approximate surface area is 121 Å². The predicted octanol–water partition coefficient (Wildman–Crippen LogP) is 1.53. The number of rotatable bonds is 7. The minimum absolute atomic E-state index is 0.325. The largest absolute Gasteiger partial charge is 0.383 e. The molecule has 0 aliphatic carbocycles. The molecule has 8 heteroatoms. The van der Waals surface area contributed by atoms with Crippen LogP contribution in [-0.4, -0.2) is 45.5 Å². The van der Waals surface area contributed by atoms with E-state index in [1.165, 1.54) is 11.8 Å². The molecule has 0 saturated carbocycles. The van der Waals surface area contributed by atoms with Crippen molar-refractivity contribution in [2.24, 2.45) is 0 Å². The molecule has 0 aliphatic heterocycles. The number of hydrogen-bond acceptors (Lipinski definition) is 7. The van der Waals surface area contributed by atoms with E-state index in [2.05, 4.69) is 15.1 Å². The number of nitrogens with two attached hydrogens (primary N) is 1. The number of anilines is 1. The SMILES string of the molecule is CCOC(Cn1cc2c(N)nc(SC)nc2n1)OCC. The Balaban J connectivity index is 2.24. The van der Waals surface area contributed by atoms with Gasteiger partial charge >= 0.3 is 0 Å². The molecule has 0 bridgehead atoms. The Hall–Kier alpha value is -1.38. The Morgan fingerprint density at radius 2 is 2.00 bits per heavy atom. The lowest BCUT2D eigenvalue weighted by atomic mass is 10.4. The second-order valence-corrected chi connectivity index (χ2v) is 4.80. The Morgan fingerprint density at radius 1 is 1.30 bits per heavy atom. The highest BCUT2D eigenvalue weighted by molar-refractivity contribution is 7.98. The van der Waals surface area contributed by atoms with Crippen LogP contribution in [0.1, 0.15) is 13.8 Å². The average molecular weight is 297 g/mol. The molecule has 2 heterocycles. The quantitative estimate of drug-likeness (QED) is 0.471. The van der Waals surface area contributed by atoms with E-state index in [0.717, 1.165) is 5.39 Å². The summed E-state index contributed by atoms with van der Waals surface area (Å²) < 4.78 is 12.7. The van der Waals surface area contributed by atoms with E-state index >= 15 is 0 Å². The maximum atomic E-state index is 5.91. The topological polar surface area (TPSA) is 88.1 Å². The molecule has 0 amide bonds. The summed E-state index contributed by atoms with van der Waals surface area (Å²) in [5.74, 6) is 0.440. The minimum Gasteiger partial charge on any atom is -0.383 e. The fraction of sp³-hybridized carbons (Fsp3) is 0.583. The molecule has 110 valence electrons. The van der Waals surface area contributed by atoms with E-state index in [4.69, 9.17) is 15.2 Å². The zero-order valence-electron chi connectivity index (χ0n) is 11.9. The first-order chi connectivity index (χ1) is 9.67. The average Bonchev–Trinajstić information content (AvgIpc) is 2.82. The lowest BCUT2D eigenvalue weighted by molar-refractivity contribution is -0.144. The lowest BCUT2D eigenvalue weighted by Crippen LogP contribution is -2.23. The van der Waals surface area contributed by atoms with Crippen LogP contribution in [0.4, 0.5) is 5.82 Å². The third-order valence-corrected chi connectivity index (χ3v) is 3.21. The first-order valence-corrected chi connectivity index (χ1v) is 7.68. The lowest BCUT2D eigenvalue weighted by Gasteiger charge is -2.16. The molecule has 0 aliphatic rings. The highest BCUT2D eigenvalue weighted by atomic mass is 32.2. The van der Waals surface area contributed by atoms with Gasteiger partial charge in [0.25, 0.3) is 0 Å². The van der Waals surface area contributed by atoms with Crippen molar-refractivity contribution in [2.45, 2.75) is 31.8 Å². The van der Waals surface area contributed by atoms with Crippen molar-refractivity contribution >= 4 is 28.6 Å². The zero-order valence-corrected chi connectivity index (χ0v) is 12.7. The van der Waals surface area contributed by atoms with Gasteiger partial charge in [0.2, 0.25) is 0 Å². The van der Waals surface area contributed by atoms with Gasteiger partial charge in [-0.05, 0) is 20.1 Å². The Bertz CT molecular complexity index is 568. The maximum absolute atomic E-state index is 5.91. The van der Waals surface area contributed by atoms with Crippen LogP contribution in [0.5, 0.6) is 0 Å². The Morgan fingerprint density at radius 3 is 2.60 bits per heavy atom. The Kier molecular flexibility index (Phi) is 5.16. The van der Waals surface area contributed by atoms with Crippen LogP contribution < -0.4 is 5.73 Å². The summed E-state index contributed by atoms with van der Waals surface area (Å²) in [6.07, 6.45) is 3.39. The van der Waals surface area contributed by atoms with Crippen molar-refractivity contribution in [1.82, 2.24) is 19.7 Å². The second-order valence-electron chi connectivity index (χ2n) is 4.02. The molecule has 2 N–H and O–H groups in total. The number of hydrogen-bond donors (Lipinski definition) is 1. The first kappa shape index (κ1) is 15.0. The normalized spacial score (nSPS) is 11.6. The van der Waals surface area contributed by atoms with Gasteiger partial charge in [-0.3, -0.25) is 4.68 Å². The van der Waals surface area contributed by atoms with E-state index in [1.807, 2.05) is 26.3 Å². The first-order valence-electron chi connectivity index (χ1n) is 6.45. The van der Waals surface area contributed by atoms with Crippen LogP contribution in [0.3, 0.4) is 0 Å². The van der Waals surface area contributed by atoms with Crippen molar-refractivity contribution < 1.29 is 9.47 Å². The third-order valence-electron chi connectivity index (χ3n) is 2.66. The molecule has 7 nitrogen and oxygen atoms in total. The fourth-order valence-corrected chi connectivity index (χ4v) is 2.18. The van der Waals surface area contributed by atoms with Gasteiger partial charge in [-0.25, -0.2) is 9.97 Å². The van der Waals surface area contributed by atoms with Crippen LogP contribution in [-0.2, 0) is 16.0 Å². The van der Waals surface area contributed by atoms with Gasteiger partial charge in [0.1, 0.15) is 5.82 Å². The van der Waals surface area contributed by atoms with Crippen LogP contribution in [0, 0.1) is 0 Å². The van der Waals surface area contributed by atoms with Crippen molar-refractivity contribution in [3.05, 3.63) is 6.20 Å². The van der Waals surface area contributed by atoms with Crippen LogP contribution in [0.2, 0.25) is 0 Å². The summed E-state index contributed by atoms with van der Waals surface area (Å²) in [5, 5.41) is 5.76. The van der Waals surface area contributed by atoms with Gasteiger partial charge in [0.15, 0.2) is 17.1 Å². The van der Waals surface area contributed by atoms with E-state index in [0.29, 0.717) is 36.4 Å². The van der Waals surface area contributed by atoms with Crippen LogP contribution in [0.25, 0.3) is 11.0 Å². The molecule has 0 saturated heterocycles. The summed E-state index contributed by atoms with van der Waals surface area (Å²) in [4.78, 5) is 8.53. The molecule has 2 aromatic heterocycles. The highest BCUT2D eigenvalue weighted by Crippen LogP contribution is 2.20. The molecule has 0 spiro atoms. The molecular formula is C12H19N5O2S. The molecule has 0 fully saturated rings. The fourth-order valence-electron chi connectivity index (χ4n) is 1.82. The van der Waals surface area contributed by atoms with Crippen molar-refractivity contribution in [3.8, 4) is 0 Å². The van der Waals surface area contributed by atoms with Crippen molar-refractivity contribution in [1.29, 1.82) is 0 Å².